The van der Waals surface area contributed by atoms with Crippen LogP contribution in [0, 0.1) is 22.7 Å². The molecule has 0 fully saturated rings. The van der Waals surface area contributed by atoms with Crippen molar-refractivity contribution < 1.29 is 0 Å². The van der Waals surface area contributed by atoms with Crippen LogP contribution in [0.3, 0.4) is 0 Å². The minimum absolute atomic E-state index is 0.715. The van der Waals surface area contributed by atoms with Gasteiger partial charge in [-0.15, -0.1) is 0 Å². The molecule has 0 bridgehead atoms. The molecule has 0 unspecified atom stereocenters. The number of benzene rings is 1. The van der Waals surface area contributed by atoms with E-state index in [9.17, 15) is 0 Å². The van der Waals surface area contributed by atoms with E-state index < -0.39 is 0 Å². The van der Waals surface area contributed by atoms with Gasteiger partial charge >= 0.3 is 0 Å². The zero-order valence-corrected chi connectivity index (χ0v) is 8.14. The molecular formula is C12H12N2. The molecule has 0 radical (unpaired) electrons. The highest BCUT2D eigenvalue weighted by Gasteiger charge is 1.79. The molecule has 0 heterocycles. The van der Waals surface area contributed by atoms with Crippen molar-refractivity contribution in [3.05, 3.63) is 48.0 Å². The van der Waals surface area contributed by atoms with Gasteiger partial charge < -0.3 is 0 Å². The molecule has 0 aromatic heterocycles. The normalized spacial score (nSPS) is 8.21. The Morgan fingerprint density at radius 3 is 2.14 bits per heavy atom. The van der Waals surface area contributed by atoms with Gasteiger partial charge in [0.1, 0.15) is 0 Å². The monoisotopic (exact) mass is 184 g/mol. The highest BCUT2D eigenvalue weighted by molar-refractivity contribution is 5.27. The lowest BCUT2D eigenvalue weighted by molar-refractivity contribution is 1.22. The van der Waals surface area contributed by atoms with Gasteiger partial charge in [-0.2, -0.15) is 10.5 Å². The van der Waals surface area contributed by atoms with Crippen molar-refractivity contribution >= 4 is 0 Å². The summed E-state index contributed by atoms with van der Waals surface area (Å²) in [4.78, 5) is 0. The maximum Gasteiger partial charge on any atom is 0.0991 e. The van der Waals surface area contributed by atoms with Crippen LogP contribution in [-0.4, -0.2) is 0 Å². The van der Waals surface area contributed by atoms with E-state index in [0.717, 1.165) is 6.42 Å². The molecule has 0 saturated heterocycles. The lowest BCUT2D eigenvalue weighted by Crippen LogP contribution is -1.66. The van der Waals surface area contributed by atoms with Crippen LogP contribution < -0.4 is 0 Å². The lowest BCUT2D eigenvalue weighted by atomic mass is 10.2. The molecule has 0 spiro atoms. The molecule has 0 saturated carbocycles. The summed E-state index contributed by atoms with van der Waals surface area (Å²) >= 11 is 0. The van der Waals surface area contributed by atoms with E-state index in [-0.39, 0.29) is 0 Å². The minimum atomic E-state index is 0.715. The van der Waals surface area contributed by atoms with Crippen LogP contribution in [0.5, 0.6) is 0 Å². The summed E-state index contributed by atoms with van der Waals surface area (Å²) in [7, 11) is 0. The van der Waals surface area contributed by atoms with Gasteiger partial charge in [-0.05, 0) is 18.6 Å². The van der Waals surface area contributed by atoms with Gasteiger partial charge in [0.15, 0.2) is 0 Å². The van der Waals surface area contributed by atoms with Crippen molar-refractivity contribution in [2.45, 2.75) is 13.3 Å². The maximum absolute atomic E-state index is 8.29. The summed E-state index contributed by atoms with van der Waals surface area (Å²) < 4.78 is 0. The summed E-state index contributed by atoms with van der Waals surface area (Å²) in [5, 5.41) is 16.1. The number of rotatable bonds is 1. The van der Waals surface area contributed by atoms with Crippen molar-refractivity contribution in [3.8, 4) is 12.1 Å². The van der Waals surface area contributed by atoms with Gasteiger partial charge in [0.25, 0.3) is 0 Å². The molecule has 0 amide bonds. The van der Waals surface area contributed by atoms with Gasteiger partial charge in [0, 0.05) is 6.08 Å². The van der Waals surface area contributed by atoms with Crippen LogP contribution in [-0.2, 0) is 0 Å². The van der Waals surface area contributed by atoms with E-state index in [4.69, 9.17) is 10.5 Å². The Bertz CT molecular complexity index is 339. The smallest absolute Gasteiger partial charge is 0.0991 e. The first-order valence-corrected chi connectivity index (χ1v) is 4.35. The number of hydrogen-bond acceptors (Lipinski definition) is 2. The van der Waals surface area contributed by atoms with E-state index in [0.29, 0.717) is 5.56 Å². The predicted octanol–water partition coefficient (Wildman–Crippen LogP) is 3.03. The van der Waals surface area contributed by atoms with Crippen molar-refractivity contribution in [1.29, 1.82) is 10.5 Å². The van der Waals surface area contributed by atoms with Crippen molar-refractivity contribution in [2.75, 3.05) is 0 Å². The molecule has 70 valence electrons. The largest absolute Gasteiger partial charge is 0.193 e. The second-order valence-corrected chi connectivity index (χ2v) is 2.42. The summed E-state index contributed by atoms with van der Waals surface area (Å²) in [5.74, 6) is 0. The Hall–Kier alpha value is -2.06. The third kappa shape index (κ3) is 6.64. The fraction of sp³-hybridized carbons (Fsp3) is 0.167. The van der Waals surface area contributed by atoms with E-state index in [1.807, 2.05) is 43.3 Å². The maximum atomic E-state index is 8.29. The Morgan fingerprint density at radius 1 is 1.21 bits per heavy atom. The zero-order chi connectivity index (χ0) is 10.6. The molecule has 0 aliphatic rings. The predicted molar refractivity (Wildman–Crippen MR) is 56.2 cm³/mol. The first-order valence-electron chi connectivity index (χ1n) is 4.35. The Kier molecular flexibility index (Phi) is 7.70. The fourth-order valence-corrected chi connectivity index (χ4v) is 0.683. The van der Waals surface area contributed by atoms with Crippen molar-refractivity contribution in [3.63, 3.8) is 0 Å². The molecule has 0 aliphatic carbocycles. The molecule has 0 N–H and O–H groups in total. The van der Waals surface area contributed by atoms with E-state index in [2.05, 4.69) is 0 Å². The summed E-state index contributed by atoms with van der Waals surface area (Å²) in [6, 6.07) is 13.1. The Balaban J connectivity index is 0.000000255. The van der Waals surface area contributed by atoms with Crippen LogP contribution in [0.4, 0.5) is 0 Å². The first kappa shape index (κ1) is 11.9. The fourth-order valence-electron chi connectivity index (χ4n) is 0.683. The summed E-state index contributed by atoms with van der Waals surface area (Å²) in [5.41, 5.74) is 0.715. The summed E-state index contributed by atoms with van der Waals surface area (Å²) in [6.45, 7) is 1.99. The van der Waals surface area contributed by atoms with Gasteiger partial charge in [0.05, 0.1) is 17.7 Å². The Labute approximate surface area is 84.7 Å². The third-order valence-corrected chi connectivity index (χ3v) is 1.33. The molecule has 1 aromatic carbocycles. The second-order valence-electron chi connectivity index (χ2n) is 2.42. The van der Waals surface area contributed by atoms with Crippen molar-refractivity contribution in [1.82, 2.24) is 0 Å². The number of nitrogens with zero attached hydrogens (tertiary/aromatic N) is 2. The zero-order valence-electron chi connectivity index (χ0n) is 8.14. The molecule has 2 nitrogen and oxygen atoms in total. The van der Waals surface area contributed by atoms with Crippen LogP contribution in [0.1, 0.15) is 18.9 Å². The van der Waals surface area contributed by atoms with Crippen LogP contribution in [0.25, 0.3) is 0 Å². The molecule has 2 heteroatoms. The highest BCUT2D eigenvalue weighted by Crippen LogP contribution is 1.93. The number of hydrogen-bond donors (Lipinski definition) is 0. The van der Waals surface area contributed by atoms with Crippen LogP contribution in [0.2, 0.25) is 0 Å². The van der Waals surface area contributed by atoms with E-state index in [1.54, 1.807) is 12.1 Å². The molecule has 1 aromatic rings. The van der Waals surface area contributed by atoms with Gasteiger partial charge in [-0.3, -0.25) is 0 Å². The topological polar surface area (TPSA) is 47.6 Å². The highest BCUT2D eigenvalue weighted by atomic mass is 14.2. The van der Waals surface area contributed by atoms with Gasteiger partial charge in [0.2, 0.25) is 0 Å². The van der Waals surface area contributed by atoms with Crippen LogP contribution >= 0.6 is 0 Å². The first-order chi connectivity index (χ1) is 6.85. The molecule has 0 aliphatic heterocycles. The van der Waals surface area contributed by atoms with Gasteiger partial charge in [-0.25, -0.2) is 0 Å². The molecular weight excluding hydrogens is 172 g/mol. The van der Waals surface area contributed by atoms with E-state index >= 15 is 0 Å². The van der Waals surface area contributed by atoms with Gasteiger partial charge in [-0.1, -0.05) is 31.2 Å². The SMILES string of the molecule is CCC=CC#N.N#Cc1ccccc1. The van der Waals surface area contributed by atoms with Crippen LogP contribution in [0.15, 0.2) is 42.5 Å². The third-order valence-electron chi connectivity index (χ3n) is 1.33. The van der Waals surface area contributed by atoms with E-state index in [1.165, 1.54) is 6.08 Å². The average molecular weight is 184 g/mol. The second kappa shape index (κ2) is 9.03. The Morgan fingerprint density at radius 2 is 1.86 bits per heavy atom. The minimum Gasteiger partial charge on any atom is -0.193 e. The van der Waals surface area contributed by atoms with Crippen molar-refractivity contribution in [2.24, 2.45) is 0 Å². The summed E-state index contributed by atoms with van der Waals surface area (Å²) in [6.07, 6.45) is 4.26. The quantitative estimate of drug-likeness (QED) is 0.630. The molecule has 0 atom stereocenters. The molecule has 14 heavy (non-hydrogen) atoms. The number of nitriles is 2. The average Bonchev–Trinajstić information content (AvgIpc) is 2.28. The lowest BCUT2D eigenvalue weighted by Gasteiger charge is -1.80. The number of allylic oxidation sites excluding steroid dienone is 2. The standard InChI is InChI=1S/C7H5N.C5H7N/c8-6-7-4-2-1-3-5-7;1-2-3-4-5-6/h1-5H;3-4H,2H2,1H3. The molecule has 1 rings (SSSR count).